The van der Waals surface area contributed by atoms with Crippen molar-refractivity contribution >= 4 is 22.7 Å². The number of hydrogen-bond donors (Lipinski definition) is 3. The molecule has 0 spiro atoms. The number of alkyl halides is 2. The molecule has 1 aliphatic heterocycles. The van der Waals surface area contributed by atoms with E-state index in [1.807, 2.05) is 16.7 Å². The van der Waals surface area contributed by atoms with Gasteiger partial charge in [-0.3, -0.25) is 4.79 Å². The molecule has 4 atom stereocenters. The van der Waals surface area contributed by atoms with Crippen LogP contribution in [-0.4, -0.2) is 31.8 Å². The third-order valence-electron chi connectivity index (χ3n) is 7.41. The number of carboxylic acid groups (broad SMARTS) is 1. The molecule has 6 nitrogen and oxygen atoms in total. The van der Waals surface area contributed by atoms with E-state index in [1.54, 1.807) is 0 Å². The van der Waals surface area contributed by atoms with E-state index in [-0.39, 0.29) is 17.4 Å². The monoisotopic (exact) mass is 487 g/mol. The van der Waals surface area contributed by atoms with Crippen molar-refractivity contribution < 1.29 is 28.2 Å². The second-order valence-electron chi connectivity index (χ2n) is 9.72. The number of carboxylic acids is 1. The normalized spacial score (nSPS) is 23.2. The number of carbonyl (C=O) groups is 1. The van der Waals surface area contributed by atoms with E-state index in [0.717, 1.165) is 47.8 Å². The van der Waals surface area contributed by atoms with Crippen LogP contribution in [0.3, 0.4) is 0 Å². The second kappa shape index (κ2) is 9.18. The van der Waals surface area contributed by atoms with E-state index in [4.69, 9.17) is 4.98 Å². The number of hydrogen-bond acceptors (Lipinski definition) is 4. The number of aliphatic hydroxyl groups excluding tert-OH is 1. The minimum atomic E-state index is -2.90. The maximum absolute atomic E-state index is 14.1. The highest BCUT2D eigenvalue weighted by Crippen LogP contribution is 2.41. The number of aryl methyl sites for hydroxylation is 1. The first-order valence-corrected chi connectivity index (χ1v) is 12.0. The van der Waals surface area contributed by atoms with Crippen molar-refractivity contribution in [1.82, 2.24) is 9.55 Å². The van der Waals surface area contributed by atoms with Gasteiger partial charge in [0.05, 0.1) is 17.0 Å². The zero-order valence-electron chi connectivity index (χ0n) is 19.3. The maximum Gasteiger partial charge on any atom is 0.306 e. The average molecular weight is 488 g/mol. The Balaban J connectivity index is 1.70. The minimum absolute atomic E-state index is 0.135. The van der Waals surface area contributed by atoms with Gasteiger partial charge in [0.2, 0.25) is 0 Å². The summed E-state index contributed by atoms with van der Waals surface area (Å²) in [6.45, 7) is 2.09. The molecule has 1 fully saturated rings. The van der Waals surface area contributed by atoms with Crippen LogP contribution in [0.25, 0.3) is 11.0 Å². The van der Waals surface area contributed by atoms with Crippen LogP contribution < -0.4 is 5.32 Å². The topological polar surface area (TPSA) is 87.4 Å². The van der Waals surface area contributed by atoms with Crippen LogP contribution in [0.1, 0.15) is 80.1 Å². The summed E-state index contributed by atoms with van der Waals surface area (Å²) >= 11 is 0. The van der Waals surface area contributed by atoms with Gasteiger partial charge in [-0.2, -0.15) is 0 Å². The number of aliphatic carboxylic acids is 1. The molecule has 2 aromatic carbocycles. The van der Waals surface area contributed by atoms with Crippen LogP contribution in [0.2, 0.25) is 0 Å². The van der Waals surface area contributed by atoms with Crippen molar-refractivity contribution in [2.45, 2.75) is 70.1 Å². The summed E-state index contributed by atoms with van der Waals surface area (Å²) < 4.78 is 43.4. The van der Waals surface area contributed by atoms with Gasteiger partial charge in [0.1, 0.15) is 17.7 Å². The second-order valence-corrected chi connectivity index (χ2v) is 9.72. The lowest BCUT2D eigenvalue weighted by molar-refractivity contribution is -0.143. The summed E-state index contributed by atoms with van der Waals surface area (Å²) in [5, 5.41) is 24.4. The number of rotatable bonds is 5. The first kappa shape index (κ1) is 23.7. The summed E-state index contributed by atoms with van der Waals surface area (Å²) in [7, 11) is 0. The third kappa shape index (κ3) is 4.26. The van der Waals surface area contributed by atoms with E-state index in [0.29, 0.717) is 37.2 Å². The summed E-state index contributed by atoms with van der Waals surface area (Å²) in [5.41, 5.74) is 2.60. The van der Waals surface area contributed by atoms with E-state index < -0.39 is 35.8 Å². The van der Waals surface area contributed by atoms with Crippen molar-refractivity contribution in [3.05, 3.63) is 58.7 Å². The Bertz CT molecular complexity index is 1280. The van der Waals surface area contributed by atoms with Gasteiger partial charge in [-0.1, -0.05) is 12.5 Å². The van der Waals surface area contributed by atoms with Crippen molar-refractivity contribution in [3.63, 3.8) is 0 Å². The lowest BCUT2D eigenvalue weighted by Crippen LogP contribution is -2.26. The number of fused-ring (bicyclic) bond motifs is 3. The van der Waals surface area contributed by atoms with Crippen LogP contribution in [0, 0.1) is 11.7 Å². The van der Waals surface area contributed by atoms with Crippen LogP contribution in [0.5, 0.6) is 0 Å². The molecule has 5 rings (SSSR count). The Morgan fingerprint density at radius 1 is 1.17 bits per heavy atom. The number of imidazole rings is 1. The molecule has 4 unspecified atom stereocenters. The molecule has 35 heavy (non-hydrogen) atoms. The highest BCUT2D eigenvalue weighted by molar-refractivity contribution is 5.86. The fourth-order valence-corrected chi connectivity index (χ4v) is 5.64. The number of aliphatic hydroxyl groups is 1. The summed E-state index contributed by atoms with van der Waals surface area (Å²) in [4.78, 5) is 16.5. The fourth-order valence-electron chi connectivity index (χ4n) is 5.64. The molecule has 3 aromatic rings. The summed E-state index contributed by atoms with van der Waals surface area (Å²) in [5.74, 6) is -2.01. The Morgan fingerprint density at radius 3 is 2.71 bits per heavy atom. The predicted molar refractivity (Wildman–Crippen MR) is 125 cm³/mol. The Hall–Kier alpha value is -3.07. The van der Waals surface area contributed by atoms with Crippen molar-refractivity contribution in [2.75, 3.05) is 5.32 Å². The summed E-state index contributed by atoms with van der Waals surface area (Å²) in [6, 6.07) is 6.70. The SMILES string of the molecule is CC1CCc2c(ccc3c2nc(C(O)c2cc(F)ccc2C(F)F)n3C2CCCC(C(=O)O)C2)N1. The molecule has 1 saturated carbocycles. The zero-order chi connectivity index (χ0) is 24.9. The molecule has 2 heterocycles. The zero-order valence-corrected chi connectivity index (χ0v) is 19.3. The summed E-state index contributed by atoms with van der Waals surface area (Å²) in [6.07, 6.45) is -0.584. The molecule has 3 N–H and O–H groups in total. The molecule has 2 aliphatic rings. The van der Waals surface area contributed by atoms with Gasteiger partial charge in [0.15, 0.2) is 0 Å². The van der Waals surface area contributed by atoms with Crippen LogP contribution in [-0.2, 0) is 11.2 Å². The van der Waals surface area contributed by atoms with Gasteiger partial charge in [0, 0.05) is 28.9 Å². The number of aromatic nitrogens is 2. The molecule has 1 aliphatic carbocycles. The van der Waals surface area contributed by atoms with Gasteiger partial charge < -0.3 is 20.1 Å². The van der Waals surface area contributed by atoms with Gasteiger partial charge in [-0.15, -0.1) is 0 Å². The van der Waals surface area contributed by atoms with Crippen LogP contribution in [0.15, 0.2) is 30.3 Å². The fraction of sp³-hybridized carbons (Fsp3) is 0.462. The van der Waals surface area contributed by atoms with E-state index in [9.17, 15) is 28.2 Å². The van der Waals surface area contributed by atoms with Crippen LogP contribution in [0.4, 0.5) is 18.9 Å². The largest absolute Gasteiger partial charge is 0.481 e. The molecular weight excluding hydrogens is 459 g/mol. The standard InChI is InChI=1S/C26H28F3N3O3/c1-13-5-7-18-20(30-13)9-10-21-22(18)31-25(32(21)16-4-2-3-14(11-16)26(34)35)23(33)19-12-15(27)6-8-17(19)24(28)29/h6,8-10,12-14,16,23-24,30,33H,2-5,7,11H2,1H3,(H,34,35). The number of halogens is 3. The average Bonchev–Trinajstić information content (AvgIpc) is 3.23. The van der Waals surface area contributed by atoms with Crippen LogP contribution >= 0.6 is 0 Å². The Morgan fingerprint density at radius 2 is 1.97 bits per heavy atom. The molecular formula is C26H28F3N3O3. The number of nitrogens with zero attached hydrogens (tertiary/aromatic N) is 2. The third-order valence-corrected chi connectivity index (χ3v) is 7.41. The van der Waals surface area contributed by atoms with Crippen molar-refractivity contribution in [1.29, 1.82) is 0 Å². The predicted octanol–water partition coefficient (Wildman–Crippen LogP) is 5.76. The molecule has 0 bridgehead atoms. The molecule has 1 aromatic heterocycles. The number of nitrogens with one attached hydrogen (secondary N) is 1. The van der Waals surface area contributed by atoms with Crippen molar-refractivity contribution in [2.24, 2.45) is 5.92 Å². The first-order chi connectivity index (χ1) is 16.7. The minimum Gasteiger partial charge on any atom is -0.481 e. The molecule has 0 amide bonds. The highest BCUT2D eigenvalue weighted by Gasteiger charge is 2.34. The quantitative estimate of drug-likeness (QED) is 0.426. The Kier molecular flexibility index (Phi) is 6.21. The van der Waals surface area contributed by atoms with Gasteiger partial charge in [-0.05, 0) is 68.9 Å². The van der Waals surface area contributed by atoms with E-state index >= 15 is 0 Å². The van der Waals surface area contributed by atoms with Gasteiger partial charge >= 0.3 is 5.97 Å². The van der Waals surface area contributed by atoms with Crippen molar-refractivity contribution in [3.8, 4) is 0 Å². The van der Waals surface area contributed by atoms with E-state index in [2.05, 4.69) is 12.2 Å². The van der Waals surface area contributed by atoms with E-state index in [1.165, 1.54) is 0 Å². The highest BCUT2D eigenvalue weighted by atomic mass is 19.3. The lowest BCUT2D eigenvalue weighted by Gasteiger charge is -2.30. The molecule has 186 valence electrons. The molecule has 0 saturated heterocycles. The number of anilines is 1. The molecule has 0 radical (unpaired) electrons. The van der Waals surface area contributed by atoms with Gasteiger partial charge in [-0.25, -0.2) is 18.2 Å². The lowest BCUT2D eigenvalue weighted by atomic mass is 9.85. The Labute approximate surface area is 200 Å². The smallest absolute Gasteiger partial charge is 0.306 e. The number of benzene rings is 2. The molecule has 9 heteroatoms. The maximum atomic E-state index is 14.1. The first-order valence-electron chi connectivity index (χ1n) is 12.0. The van der Waals surface area contributed by atoms with Gasteiger partial charge in [0.25, 0.3) is 6.43 Å².